The molecule has 17 heavy (non-hydrogen) atoms. The maximum Gasteiger partial charge on any atom is 0.235 e. The molecule has 0 atom stereocenters. The van der Waals surface area contributed by atoms with E-state index in [-0.39, 0.29) is 0 Å². The van der Waals surface area contributed by atoms with E-state index in [4.69, 9.17) is 4.74 Å². The largest absolute Gasteiger partial charge is 0.497 e. The number of fused-ring (bicyclic) bond motifs is 1. The average molecular weight is 232 g/mol. The maximum absolute atomic E-state index is 10.3. The van der Waals surface area contributed by atoms with Crippen LogP contribution in [0.2, 0.25) is 0 Å². The molecule has 0 spiro atoms. The van der Waals surface area contributed by atoms with E-state index >= 15 is 0 Å². The molecule has 0 bridgehead atoms. The van der Waals surface area contributed by atoms with Crippen LogP contribution in [-0.2, 0) is 0 Å². The van der Waals surface area contributed by atoms with Crippen LogP contribution in [0.5, 0.6) is 5.75 Å². The highest BCUT2D eigenvalue weighted by molar-refractivity contribution is 5.91. The summed E-state index contributed by atoms with van der Waals surface area (Å²) >= 11 is 0. The molecular weight excluding hydrogens is 220 g/mol. The van der Waals surface area contributed by atoms with Crippen molar-refractivity contribution in [3.8, 4) is 5.75 Å². The van der Waals surface area contributed by atoms with Gasteiger partial charge >= 0.3 is 0 Å². The maximum atomic E-state index is 10.3. The highest BCUT2D eigenvalue weighted by Gasteiger charge is 2.07. The van der Waals surface area contributed by atoms with E-state index in [1.807, 2.05) is 25.1 Å². The van der Waals surface area contributed by atoms with Crippen LogP contribution in [0.1, 0.15) is 11.3 Å². The van der Waals surface area contributed by atoms with Crippen LogP contribution in [0, 0.1) is 17.0 Å². The van der Waals surface area contributed by atoms with Crippen molar-refractivity contribution >= 4 is 17.0 Å². The molecule has 0 fully saturated rings. The molecule has 2 aromatic rings. The molecule has 0 saturated heterocycles. The van der Waals surface area contributed by atoms with Crippen molar-refractivity contribution in [2.45, 2.75) is 6.92 Å². The fraction of sp³-hybridized carbons (Fsp3) is 0.167. The van der Waals surface area contributed by atoms with Crippen molar-refractivity contribution in [1.29, 1.82) is 0 Å². The molecule has 0 aliphatic carbocycles. The summed E-state index contributed by atoms with van der Waals surface area (Å²) in [5, 5.41) is 11.3. The zero-order valence-corrected chi connectivity index (χ0v) is 9.56. The Bertz CT molecular complexity index is 599. The third-order valence-electron chi connectivity index (χ3n) is 2.61. The van der Waals surface area contributed by atoms with E-state index in [2.05, 4.69) is 4.98 Å². The van der Waals surface area contributed by atoms with Gasteiger partial charge in [0.2, 0.25) is 6.20 Å². The number of nitrogens with one attached hydrogen (secondary N) is 1. The van der Waals surface area contributed by atoms with Crippen molar-refractivity contribution in [2.75, 3.05) is 7.11 Å². The predicted molar refractivity (Wildman–Crippen MR) is 65.6 cm³/mol. The first-order valence-corrected chi connectivity index (χ1v) is 5.10. The Morgan fingerprint density at radius 2 is 2.24 bits per heavy atom. The lowest BCUT2D eigenvalue weighted by Gasteiger charge is -1.99. The van der Waals surface area contributed by atoms with E-state index in [1.54, 1.807) is 7.11 Å². The smallest absolute Gasteiger partial charge is 0.235 e. The molecule has 0 saturated carbocycles. The number of ether oxygens (including phenoxy) is 1. The van der Waals surface area contributed by atoms with Gasteiger partial charge in [-0.25, -0.2) is 0 Å². The summed E-state index contributed by atoms with van der Waals surface area (Å²) in [6.45, 7) is 1.88. The molecule has 1 N–H and O–H groups in total. The number of nitrogens with zero attached hydrogens (tertiary/aromatic N) is 1. The molecule has 0 unspecified atom stereocenters. The Kier molecular flexibility index (Phi) is 2.82. The number of nitro groups is 1. The van der Waals surface area contributed by atoms with Gasteiger partial charge in [-0.05, 0) is 25.1 Å². The van der Waals surface area contributed by atoms with Gasteiger partial charge in [0.15, 0.2) is 0 Å². The van der Waals surface area contributed by atoms with E-state index < -0.39 is 4.92 Å². The van der Waals surface area contributed by atoms with Gasteiger partial charge in [-0.2, -0.15) is 0 Å². The second-order valence-corrected chi connectivity index (χ2v) is 3.68. The van der Waals surface area contributed by atoms with E-state index in [9.17, 15) is 10.1 Å². The lowest BCUT2D eigenvalue weighted by Crippen LogP contribution is -1.84. The summed E-state index contributed by atoms with van der Waals surface area (Å²) < 4.78 is 5.14. The normalized spacial score (nSPS) is 11.2. The van der Waals surface area contributed by atoms with Crippen LogP contribution in [0.25, 0.3) is 17.0 Å². The third-order valence-corrected chi connectivity index (χ3v) is 2.61. The van der Waals surface area contributed by atoms with E-state index in [0.29, 0.717) is 0 Å². The first-order valence-electron chi connectivity index (χ1n) is 5.10. The van der Waals surface area contributed by atoms with Crippen molar-refractivity contribution in [3.05, 3.63) is 45.8 Å². The number of aromatic nitrogens is 1. The SMILES string of the molecule is COc1ccc2[nH]c(C)c(C=C[N+](=O)[O-])c2c1. The van der Waals surface area contributed by atoms with Crippen molar-refractivity contribution in [1.82, 2.24) is 4.98 Å². The Morgan fingerprint density at radius 1 is 1.47 bits per heavy atom. The zero-order valence-electron chi connectivity index (χ0n) is 9.56. The second kappa shape index (κ2) is 4.29. The van der Waals surface area contributed by atoms with Gasteiger partial charge in [0.05, 0.1) is 12.0 Å². The lowest BCUT2D eigenvalue weighted by atomic mass is 10.1. The number of aromatic amines is 1. The Hall–Kier alpha value is -2.30. The van der Waals surface area contributed by atoms with Crippen LogP contribution in [0.4, 0.5) is 0 Å². The molecule has 1 heterocycles. The van der Waals surface area contributed by atoms with Crippen molar-refractivity contribution in [2.24, 2.45) is 0 Å². The van der Waals surface area contributed by atoms with Gasteiger partial charge in [0.1, 0.15) is 5.75 Å². The number of rotatable bonds is 3. The standard InChI is InChI=1S/C12H12N2O3/c1-8-10(5-6-14(15)16)11-7-9(17-2)3-4-12(11)13-8/h3-7,13H,1-2H3. The van der Waals surface area contributed by atoms with Gasteiger partial charge in [-0.15, -0.1) is 0 Å². The second-order valence-electron chi connectivity index (χ2n) is 3.68. The van der Waals surface area contributed by atoms with Crippen molar-refractivity contribution < 1.29 is 9.66 Å². The number of methoxy groups -OCH3 is 1. The third kappa shape index (κ3) is 2.13. The molecule has 5 heteroatoms. The minimum absolute atomic E-state index is 0.474. The number of aryl methyl sites for hydroxylation is 1. The van der Waals surface area contributed by atoms with Gasteiger partial charge in [-0.1, -0.05) is 0 Å². The molecule has 0 aliphatic heterocycles. The summed E-state index contributed by atoms with van der Waals surface area (Å²) in [4.78, 5) is 13.0. The summed E-state index contributed by atoms with van der Waals surface area (Å²) in [5.41, 5.74) is 2.65. The molecule has 1 aromatic carbocycles. The monoisotopic (exact) mass is 232 g/mol. The number of hydrogen-bond acceptors (Lipinski definition) is 3. The van der Waals surface area contributed by atoms with Crippen LogP contribution in [0.3, 0.4) is 0 Å². The minimum Gasteiger partial charge on any atom is -0.497 e. The van der Waals surface area contributed by atoms with Gasteiger partial charge in [-0.3, -0.25) is 10.1 Å². The molecule has 1 aromatic heterocycles. The number of H-pyrrole nitrogens is 1. The highest BCUT2D eigenvalue weighted by Crippen LogP contribution is 2.27. The van der Waals surface area contributed by atoms with Crippen LogP contribution in [-0.4, -0.2) is 17.0 Å². The van der Waals surface area contributed by atoms with E-state index in [1.165, 1.54) is 6.08 Å². The minimum atomic E-state index is -0.474. The first-order chi connectivity index (χ1) is 8.11. The zero-order chi connectivity index (χ0) is 12.4. The quantitative estimate of drug-likeness (QED) is 0.653. The van der Waals surface area contributed by atoms with Crippen LogP contribution in [0.15, 0.2) is 24.4 Å². The fourth-order valence-corrected chi connectivity index (χ4v) is 1.80. The Labute approximate surface area is 97.9 Å². The molecule has 0 aliphatic rings. The fourth-order valence-electron chi connectivity index (χ4n) is 1.80. The predicted octanol–water partition coefficient (Wildman–Crippen LogP) is 2.73. The average Bonchev–Trinajstić information content (AvgIpc) is 2.61. The van der Waals surface area contributed by atoms with Crippen LogP contribution < -0.4 is 4.74 Å². The Morgan fingerprint density at radius 3 is 2.88 bits per heavy atom. The molecule has 0 amide bonds. The van der Waals surface area contributed by atoms with Gasteiger partial charge < -0.3 is 9.72 Å². The van der Waals surface area contributed by atoms with Crippen molar-refractivity contribution in [3.63, 3.8) is 0 Å². The van der Waals surface area contributed by atoms with E-state index in [0.717, 1.165) is 34.1 Å². The molecule has 88 valence electrons. The van der Waals surface area contributed by atoms with Gasteiger partial charge in [0.25, 0.3) is 0 Å². The molecule has 0 radical (unpaired) electrons. The highest BCUT2D eigenvalue weighted by atomic mass is 16.6. The molecular formula is C12H12N2O3. The lowest BCUT2D eigenvalue weighted by molar-refractivity contribution is -0.400. The molecule has 5 nitrogen and oxygen atoms in total. The van der Waals surface area contributed by atoms with Gasteiger partial charge in [0, 0.05) is 28.2 Å². The topological polar surface area (TPSA) is 68.2 Å². The first kappa shape index (κ1) is 11.2. The number of hydrogen-bond donors (Lipinski definition) is 1. The summed E-state index contributed by atoms with van der Waals surface area (Å²) in [5.74, 6) is 0.729. The number of benzene rings is 1. The Balaban J connectivity index is 2.60. The summed E-state index contributed by atoms with van der Waals surface area (Å²) in [7, 11) is 1.59. The summed E-state index contributed by atoms with van der Waals surface area (Å²) in [6.07, 6.45) is 2.43. The molecule has 2 rings (SSSR count). The summed E-state index contributed by atoms with van der Waals surface area (Å²) in [6, 6.07) is 5.60. The van der Waals surface area contributed by atoms with Crippen LogP contribution >= 0.6 is 0 Å².